The Morgan fingerprint density at radius 3 is 1.61 bits per heavy atom. The average molecular weight is 590 g/mol. The molecule has 5 rings (SSSR count). The van der Waals surface area contributed by atoms with E-state index in [1.807, 2.05) is 26.2 Å². The van der Waals surface area contributed by atoms with Crippen molar-refractivity contribution in [1.29, 1.82) is 0 Å². The summed E-state index contributed by atoms with van der Waals surface area (Å²) in [6.45, 7) is 1.09. The number of hydrogen-bond donors (Lipinski definition) is 0. The first-order valence-corrected chi connectivity index (χ1v) is 9.46. The van der Waals surface area contributed by atoms with Crippen molar-refractivity contribution < 1.29 is 21.1 Å². The molecule has 0 aliphatic carbocycles. The van der Waals surface area contributed by atoms with E-state index in [1.165, 1.54) is 0 Å². The molecule has 154 valence electrons. The molecule has 5 heterocycles. The van der Waals surface area contributed by atoms with Gasteiger partial charge in [-0.3, -0.25) is 9.97 Å². The number of pyridine rings is 2. The van der Waals surface area contributed by atoms with Gasteiger partial charge in [0.25, 0.3) is 0 Å². The summed E-state index contributed by atoms with van der Waals surface area (Å²) < 4.78 is 0. The first kappa shape index (κ1) is 21.0. The van der Waals surface area contributed by atoms with Crippen LogP contribution in [0.15, 0.2) is 49.6 Å². The summed E-state index contributed by atoms with van der Waals surface area (Å²) >= 11 is 0. The molecule has 0 aromatic carbocycles. The molecular weight excluding hydrogens is 571 g/mol. The van der Waals surface area contributed by atoms with Gasteiger partial charge in [0.1, 0.15) is 12.7 Å². The fourth-order valence-corrected chi connectivity index (χ4v) is 3.54. The molecule has 9 heteroatoms. The largest absolute Gasteiger partial charge is 4.00 e. The van der Waals surface area contributed by atoms with E-state index in [0.717, 1.165) is 45.3 Å². The molecule has 0 atom stereocenters. The summed E-state index contributed by atoms with van der Waals surface area (Å²) in [7, 11) is 3.98. The van der Waals surface area contributed by atoms with Crippen LogP contribution in [0.4, 0.5) is 11.4 Å². The first-order chi connectivity index (χ1) is 14.7. The number of hydrogen-bond acceptors (Lipinski definition) is 8. The maximum atomic E-state index is 4.52. The second-order valence-corrected chi connectivity index (χ2v) is 7.09. The quantitative estimate of drug-likeness (QED) is 0.290. The maximum absolute atomic E-state index is 4.52. The molecule has 0 radical (unpaired) electrons. The van der Waals surface area contributed by atoms with Crippen LogP contribution in [0, 0.1) is 12.1 Å². The van der Waals surface area contributed by atoms with Crippen LogP contribution in [0.2, 0.25) is 0 Å². The Balaban J connectivity index is 0.00000231. The van der Waals surface area contributed by atoms with E-state index in [2.05, 4.69) is 51.8 Å². The van der Waals surface area contributed by atoms with Crippen LogP contribution >= 0.6 is 0 Å². The van der Waals surface area contributed by atoms with Crippen LogP contribution in [-0.4, -0.2) is 44.0 Å². The van der Waals surface area contributed by atoms with Crippen LogP contribution < -0.4 is 9.80 Å². The van der Waals surface area contributed by atoms with Crippen molar-refractivity contribution >= 4 is 11.4 Å². The molecule has 0 saturated carbocycles. The zero-order valence-electron chi connectivity index (χ0n) is 16.9. The third-order valence-electron chi connectivity index (χ3n) is 4.99. The van der Waals surface area contributed by atoms with E-state index in [4.69, 9.17) is 0 Å². The number of nitrogens with zero attached hydrogens (tertiary/aromatic N) is 8. The van der Waals surface area contributed by atoms with Crippen LogP contribution in [-0.2, 0) is 34.2 Å². The molecule has 4 aromatic rings. The Bertz CT molecular complexity index is 1120. The average Bonchev–Trinajstić information content (AvgIpc) is 2.79. The Kier molecular flexibility index (Phi) is 6.00. The topological polar surface area (TPSA) is 83.8 Å². The van der Waals surface area contributed by atoms with Gasteiger partial charge >= 0.3 is 21.1 Å². The molecule has 31 heavy (non-hydrogen) atoms. The minimum atomic E-state index is 0. The fourth-order valence-electron chi connectivity index (χ4n) is 3.54. The Hall–Kier alpha value is -3.25. The summed E-state index contributed by atoms with van der Waals surface area (Å²) in [6.07, 6.45) is 10.3. The fraction of sp³-hybridized carbons (Fsp3) is 0.182. The number of rotatable bonds is 0. The zero-order valence-corrected chi connectivity index (χ0v) is 19.2. The van der Waals surface area contributed by atoms with Crippen molar-refractivity contribution in [2.75, 3.05) is 23.9 Å². The first-order valence-electron chi connectivity index (χ1n) is 9.46. The molecule has 1 aliphatic heterocycles. The van der Waals surface area contributed by atoms with Gasteiger partial charge in [-0.15, -0.1) is 24.3 Å². The predicted molar refractivity (Wildman–Crippen MR) is 112 cm³/mol. The summed E-state index contributed by atoms with van der Waals surface area (Å²) in [5.41, 5.74) is 6.71. The van der Waals surface area contributed by atoms with Gasteiger partial charge in [-0.05, 0) is 23.8 Å². The number of anilines is 2. The third kappa shape index (κ3) is 4.16. The van der Waals surface area contributed by atoms with Crippen molar-refractivity contribution in [3.05, 3.63) is 73.1 Å². The molecule has 0 fully saturated rings. The predicted octanol–water partition coefficient (Wildman–Crippen LogP) is 2.57. The van der Waals surface area contributed by atoms with Crippen LogP contribution in [0.25, 0.3) is 22.5 Å². The van der Waals surface area contributed by atoms with Gasteiger partial charge in [0.15, 0.2) is 0 Å². The van der Waals surface area contributed by atoms with E-state index in [0.29, 0.717) is 13.1 Å². The summed E-state index contributed by atoms with van der Waals surface area (Å²) in [6, 6.07) is 10.6. The SMILES string of the molecule is CN1Cc2[c-]c(ccn2)-c2ncncc2N(C)Cc2[c-]c(ccn2)-c2ncncc21.[Pt+4]. The molecule has 0 N–H and O–H groups in total. The van der Waals surface area contributed by atoms with Gasteiger partial charge in [0, 0.05) is 62.3 Å². The number of fused-ring (bicyclic) bond motifs is 8. The van der Waals surface area contributed by atoms with Gasteiger partial charge in [0.2, 0.25) is 0 Å². The Morgan fingerprint density at radius 1 is 0.710 bits per heavy atom. The van der Waals surface area contributed by atoms with E-state index in [1.54, 1.807) is 37.4 Å². The van der Waals surface area contributed by atoms with Gasteiger partial charge in [-0.2, -0.15) is 11.1 Å². The summed E-state index contributed by atoms with van der Waals surface area (Å²) in [5.74, 6) is 0. The van der Waals surface area contributed by atoms with E-state index in [-0.39, 0.29) is 21.1 Å². The summed E-state index contributed by atoms with van der Waals surface area (Å²) in [4.78, 5) is 30.6. The molecule has 1 aliphatic rings. The molecule has 4 bridgehead atoms. The smallest absolute Gasteiger partial charge is 0.377 e. The Morgan fingerprint density at radius 2 is 1.16 bits per heavy atom. The molecule has 8 nitrogen and oxygen atoms in total. The normalized spacial score (nSPS) is 12.8. The minimum absolute atomic E-state index is 0. The van der Waals surface area contributed by atoms with Crippen molar-refractivity contribution in [3.8, 4) is 22.5 Å². The molecule has 0 amide bonds. The molecule has 4 aromatic heterocycles. The molecule has 0 spiro atoms. The standard InChI is InChI=1S/C22H18N8.Pt/c1-29-11-17-7-16(4-5-25-17)22-20(10-24-14-28-22)30(2)12-18-8-15(3-6-26-18)21-19(29)9-23-13-27-21;/h3-6,9-10,13-14H,11-12H2,1-2H3;/q-2;+4. The zero-order chi connectivity index (χ0) is 20.5. The van der Waals surface area contributed by atoms with Crippen LogP contribution in [0.1, 0.15) is 11.4 Å². The van der Waals surface area contributed by atoms with E-state index in [9.17, 15) is 0 Å². The molecule has 0 saturated heterocycles. The number of aromatic nitrogens is 6. The molecule has 0 unspecified atom stereocenters. The van der Waals surface area contributed by atoms with Crippen molar-refractivity contribution in [2.45, 2.75) is 13.1 Å². The monoisotopic (exact) mass is 589 g/mol. The van der Waals surface area contributed by atoms with Crippen molar-refractivity contribution in [3.63, 3.8) is 0 Å². The second kappa shape index (κ2) is 8.86. The molecular formula is C22H18N8Pt+2. The van der Waals surface area contributed by atoms with Gasteiger partial charge in [-0.25, -0.2) is 9.97 Å². The third-order valence-corrected chi connectivity index (χ3v) is 4.99. The van der Waals surface area contributed by atoms with Crippen LogP contribution in [0.5, 0.6) is 0 Å². The van der Waals surface area contributed by atoms with Crippen molar-refractivity contribution in [2.24, 2.45) is 0 Å². The van der Waals surface area contributed by atoms with Gasteiger partial charge in [-0.1, -0.05) is 0 Å². The van der Waals surface area contributed by atoms with Gasteiger partial charge in [0.05, 0.1) is 0 Å². The Labute approximate surface area is 194 Å². The van der Waals surface area contributed by atoms with Crippen molar-refractivity contribution in [1.82, 2.24) is 29.9 Å². The minimum Gasteiger partial charge on any atom is -0.377 e. The van der Waals surface area contributed by atoms with Crippen LogP contribution in [0.3, 0.4) is 0 Å². The summed E-state index contributed by atoms with van der Waals surface area (Å²) in [5, 5.41) is 0. The van der Waals surface area contributed by atoms with E-state index >= 15 is 0 Å². The maximum Gasteiger partial charge on any atom is 4.00 e. The second-order valence-electron chi connectivity index (χ2n) is 7.09. The van der Waals surface area contributed by atoms with E-state index < -0.39 is 0 Å². The van der Waals surface area contributed by atoms with Gasteiger partial charge < -0.3 is 19.8 Å².